The summed E-state index contributed by atoms with van der Waals surface area (Å²) in [6.45, 7) is 0.976. The molecule has 1 aromatic carbocycles. The number of primary sulfonamides is 1. The molecule has 0 radical (unpaired) electrons. The number of hydrogen-bond donors (Lipinski definition) is 1. The van der Waals surface area contributed by atoms with E-state index >= 15 is 0 Å². The van der Waals surface area contributed by atoms with Crippen molar-refractivity contribution in [2.75, 3.05) is 0 Å². The van der Waals surface area contributed by atoms with Gasteiger partial charge in [0.1, 0.15) is 0 Å². The van der Waals surface area contributed by atoms with E-state index in [-0.39, 0.29) is 4.90 Å². The Balaban J connectivity index is 2.65. The Morgan fingerprint density at radius 3 is 2.43 bits per heavy atom. The molecule has 1 aromatic rings. The van der Waals surface area contributed by atoms with Crippen molar-refractivity contribution < 1.29 is 13.2 Å². The maximum absolute atomic E-state index is 11.2. The largest absolute Gasteiger partial charge is 0.372 e. The summed E-state index contributed by atoms with van der Waals surface area (Å²) >= 11 is 3.17. The van der Waals surface area contributed by atoms with E-state index in [1.165, 1.54) is 0 Å². The molecule has 76 valence electrons. The van der Waals surface area contributed by atoms with Crippen molar-refractivity contribution >= 4 is 26.0 Å². The maximum atomic E-state index is 11.2. The average Bonchev–Trinajstić information content (AvgIpc) is 2.47. The van der Waals surface area contributed by atoms with Crippen LogP contribution in [0.15, 0.2) is 21.5 Å². The van der Waals surface area contributed by atoms with Crippen LogP contribution in [0, 0.1) is 0 Å². The maximum Gasteiger partial charge on any atom is 0.239 e. The second kappa shape index (κ2) is 3.30. The van der Waals surface area contributed by atoms with E-state index in [0.717, 1.165) is 11.1 Å². The molecule has 0 saturated heterocycles. The van der Waals surface area contributed by atoms with Gasteiger partial charge in [-0.15, -0.1) is 0 Å². The van der Waals surface area contributed by atoms with Gasteiger partial charge in [-0.2, -0.15) is 0 Å². The second-order valence-electron chi connectivity index (χ2n) is 3.09. The summed E-state index contributed by atoms with van der Waals surface area (Å²) in [5, 5.41) is 5.05. The Hall–Kier alpha value is -0.430. The normalized spacial score (nSPS) is 15.6. The molecule has 0 fully saturated rings. The first-order valence-electron chi connectivity index (χ1n) is 3.90. The van der Waals surface area contributed by atoms with Crippen molar-refractivity contribution in [2.24, 2.45) is 5.14 Å². The molecule has 0 aromatic heterocycles. The van der Waals surface area contributed by atoms with E-state index in [0.29, 0.717) is 17.7 Å². The van der Waals surface area contributed by atoms with Gasteiger partial charge in [-0.3, -0.25) is 0 Å². The molecule has 0 unspecified atom stereocenters. The van der Waals surface area contributed by atoms with Gasteiger partial charge in [-0.1, -0.05) is 0 Å². The van der Waals surface area contributed by atoms with Crippen LogP contribution in [0.5, 0.6) is 0 Å². The minimum Gasteiger partial charge on any atom is -0.372 e. The summed E-state index contributed by atoms with van der Waals surface area (Å²) < 4.78 is 28.0. The first kappa shape index (κ1) is 10.1. The highest BCUT2D eigenvalue weighted by molar-refractivity contribution is 9.10. The van der Waals surface area contributed by atoms with Crippen molar-refractivity contribution in [2.45, 2.75) is 18.1 Å². The zero-order valence-electron chi connectivity index (χ0n) is 7.16. The van der Waals surface area contributed by atoms with Gasteiger partial charge in [0.2, 0.25) is 10.0 Å². The Morgan fingerprint density at radius 1 is 1.29 bits per heavy atom. The standard InChI is InChI=1S/C8H8BrNO3S/c9-7-1-5-3-13-4-6(5)2-8(7)14(10,11)12/h1-2H,3-4H2,(H2,10,11,12). The van der Waals surface area contributed by atoms with Crippen LogP contribution in [-0.4, -0.2) is 8.42 Å². The molecule has 2 rings (SSSR count). The predicted octanol–water partition coefficient (Wildman–Crippen LogP) is 1.13. The van der Waals surface area contributed by atoms with Crippen molar-refractivity contribution in [3.8, 4) is 0 Å². The van der Waals surface area contributed by atoms with Gasteiger partial charge in [0, 0.05) is 4.47 Å². The highest BCUT2D eigenvalue weighted by Crippen LogP contribution is 2.29. The van der Waals surface area contributed by atoms with E-state index in [2.05, 4.69) is 15.9 Å². The highest BCUT2D eigenvalue weighted by atomic mass is 79.9. The smallest absolute Gasteiger partial charge is 0.239 e. The van der Waals surface area contributed by atoms with Crippen LogP contribution < -0.4 is 5.14 Å². The number of hydrogen-bond acceptors (Lipinski definition) is 3. The van der Waals surface area contributed by atoms with E-state index < -0.39 is 10.0 Å². The van der Waals surface area contributed by atoms with Gasteiger partial charge < -0.3 is 4.74 Å². The number of rotatable bonds is 1. The predicted molar refractivity (Wildman–Crippen MR) is 54.0 cm³/mol. The summed E-state index contributed by atoms with van der Waals surface area (Å²) in [7, 11) is -3.66. The van der Waals surface area contributed by atoms with Crippen LogP contribution in [-0.2, 0) is 28.0 Å². The molecule has 0 bridgehead atoms. The quantitative estimate of drug-likeness (QED) is 0.837. The molecule has 1 aliphatic rings. The molecule has 0 aliphatic carbocycles. The van der Waals surface area contributed by atoms with Crippen molar-refractivity contribution in [1.29, 1.82) is 0 Å². The molecule has 1 heterocycles. The van der Waals surface area contributed by atoms with Crippen LogP contribution in [0.3, 0.4) is 0 Å². The lowest BCUT2D eigenvalue weighted by Crippen LogP contribution is -2.13. The van der Waals surface area contributed by atoms with E-state index in [4.69, 9.17) is 9.88 Å². The number of halogens is 1. The first-order chi connectivity index (χ1) is 6.48. The zero-order chi connectivity index (χ0) is 10.3. The van der Waals surface area contributed by atoms with Crippen LogP contribution >= 0.6 is 15.9 Å². The Kier molecular flexibility index (Phi) is 2.38. The third-order valence-electron chi connectivity index (χ3n) is 2.08. The minimum atomic E-state index is -3.66. The van der Waals surface area contributed by atoms with Crippen molar-refractivity contribution in [3.63, 3.8) is 0 Å². The van der Waals surface area contributed by atoms with E-state index in [1.54, 1.807) is 12.1 Å². The number of benzene rings is 1. The zero-order valence-corrected chi connectivity index (χ0v) is 9.56. The fourth-order valence-electron chi connectivity index (χ4n) is 1.39. The fourth-order valence-corrected chi connectivity index (χ4v) is 3.10. The molecule has 0 spiro atoms. The van der Waals surface area contributed by atoms with Crippen LogP contribution in [0.1, 0.15) is 11.1 Å². The molecule has 14 heavy (non-hydrogen) atoms. The van der Waals surface area contributed by atoms with E-state index in [1.807, 2.05) is 0 Å². The lowest BCUT2D eigenvalue weighted by molar-refractivity contribution is 0.134. The van der Waals surface area contributed by atoms with Crippen molar-refractivity contribution in [1.82, 2.24) is 0 Å². The lowest BCUT2D eigenvalue weighted by Gasteiger charge is -2.04. The van der Waals surface area contributed by atoms with Crippen LogP contribution in [0.4, 0.5) is 0 Å². The number of nitrogens with two attached hydrogens (primary N) is 1. The highest BCUT2D eigenvalue weighted by Gasteiger charge is 2.19. The summed E-state index contributed by atoms with van der Waals surface area (Å²) in [4.78, 5) is 0.113. The average molecular weight is 278 g/mol. The molecular weight excluding hydrogens is 270 g/mol. The molecule has 4 nitrogen and oxygen atoms in total. The number of fused-ring (bicyclic) bond motifs is 1. The van der Waals surface area contributed by atoms with E-state index in [9.17, 15) is 8.42 Å². The van der Waals surface area contributed by atoms with Gasteiger partial charge in [-0.25, -0.2) is 13.6 Å². The first-order valence-corrected chi connectivity index (χ1v) is 6.24. The third-order valence-corrected chi connectivity index (χ3v) is 3.95. The van der Waals surface area contributed by atoms with Gasteiger partial charge in [0.15, 0.2) is 0 Å². The van der Waals surface area contributed by atoms with Crippen LogP contribution in [0.2, 0.25) is 0 Å². The van der Waals surface area contributed by atoms with Gasteiger partial charge in [0.25, 0.3) is 0 Å². The number of sulfonamides is 1. The molecule has 0 atom stereocenters. The van der Waals surface area contributed by atoms with Crippen LogP contribution in [0.25, 0.3) is 0 Å². The summed E-state index contributed by atoms with van der Waals surface area (Å²) in [6.07, 6.45) is 0. The van der Waals surface area contributed by atoms with Gasteiger partial charge in [-0.05, 0) is 39.2 Å². The summed E-state index contributed by atoms with van der Waals surface area (Å²) in [5.41, 5.74) is 1.89. The molecule has 0 saturated carbocycles. The molecule has 0 amide bonds. The topological polar surface area (TPSA) is 69.4 Å². The summed E-state index contributed by atoms with van der Waals surface area (Å²) in [6, 6.07) is 3.30. The molecule has 1 aliphatic heterocycles. The monoisotopic (exact) mass is 277 g/mol. The Bertz CT molecular complexity index is 484. The number of ether oxygens (including phenoxy) is 1. The summed E-state index contributed by atoms with van der Waals surface area (Å²) in [5.74, 6) is 0. The SMILES string of the molecule is NS(=O)(=O)c1cc2c(cc1Br)COC2. The molecular formula is C8H8BrNO3S. The fraction of sp³-hybridized carbons (Fsp3) is 0.250. The lowest BCUT2D eigenvalue weighted by atomic mass is 10.1. The molecule has 2 N–H and O–H groups in total. The third kappa shape index (κ3) is 1.70. The Labute approximate surface area is 90.2 Å². The minimum absolute atomic E-state index is 0.113. The van der Waals surface area contributed by atoms with Crippen molar-refractivity contribution in [3.05, 3.63) is 27.7 Å². The van der Waals surface area contributed by atoms with Gasteiger partial charge >= 0.3 is 0 Å². The molecule has 6 heteroatoms. The second-order valence-corrected chi connectivity index (χ2v) is 5.47. The Morgan fingerprint density at radius 2 is 1.86 bits per heavy atom. The van der Waals surface area contributed by atoms with Gasteiger partial charge in [0.05, 0.1) is 18.1 Å².